The van der Waals surface area contributed by atoms with Crippen LogP contribution in [0.5, 0.6) is 11.5 Å². The zero-order chi connectivity index (χ0) is 20.1. The van der Waals surface area contributed by atoms with E-state index < -0.39 is 0 Å². The van der Waals surface area contributed by atoms with Crippen molar-refractivity contribution in [3.05, 3.63) is 71.8 Å². The highest BCUT2D eigenvalue weighted by Gasteiger charge is 2.21. The second-order valence-electron chi connectivity index (χ2n) is 7.80. The van der Waals surface area contributed by atoms with E-state index in [-0.39, 0.29) is 6.04 Å². The van der Waals surface area contributed by atoms with E-state index in [4.69, 9.17) is 21.7 Å². The average molecular weight is 409 g/mol. The highest BCUT2D eigenvalue weighted by molar-refractivity contribution is 7.80. The zero-order valence-electron chi connectivity index (χ0n) is 16.8. The van der Waals surface area contributed by atoms with E-state index in [0.29, 0.717) is 12.7 Å². The SMILES string of the molecule is CC(NC(=S)N(Cc1ccc2c(c1)OCO2)CC1CC=CCC1)c1ccccc1. The van der Waals surface area contributed by atoms with Crippen molar-refractivity contribution in [2.45, 2.75) is 38.8 Å². The molecule has 0 saturated carbocycles. The summed E-state index contributed by atoms with van der Waals surface area (Å²) in [5.74, 6) is 2.26. The molecule has 2 aliphatic rings. The fraction of sp³-hybridized carbons (Fsp3) is 0.375. The number of nitrogens with one attached hydrogen (secondary N) is 1. The summed E-state index contributed by atoms with van der Waals surface area (Å²) < 4.78 is 11.0. The van der Waals surface area contributed by atoms with Gasteiger partial charge < -0.3 is 19.7 Å². The third-order valence-electron chi connectivity index (χ3n) is 5.59. The molecule has 0 amide bonds. The molecule has 2 atom stereocenters. The lowest BCUT2D eigenvalue weighted by molar-refractivity contribution is 0.174. The van der Waals surface area contributed by atoms with Crippen molar-refractivity contribution in [1.29, 1.82) is 0 Å². The molecule has 1 aliphatic carbocycles. The van der Waals surface area contributed by atoms with Gasteiger partial charge in [0.2, 0.25) is 6.79 Å². The normalized spacial score (nSPS) is 18.3. The molecule has 152 valence electrons. The molecule has 0 spiro atoms. The van der Waals surface area contributed by atoms with Crippen molar-refractivity contribution >= 4 is 17.3 Å². The molecular formula is C24H28N2O2S. The average Bonchev–Trinajstić information content (AvgIpc) is 3.22. The quantitative estimate of drug-likeness (QED) is 0.524. The van der Waals surface area contributed by atoms with E-state index in [2.05, 4.69) is 65.7 Å². The van der Waals surface area contributed by atoms with Crippen molar-refractivity contribution in [3.8, 4) is 11.5 Å². The van der Waals surface area contributed by atoms with Gasteiger partial charge in [0.15, 0.2) is 16.6 Å². The summed E-state index contributed by atoms with van der Waals surface area (Å²) in [7, 11) is 0. The van der Waals surface area contributed by atoms with Crippen molar-refractivity contribution < 1.29 is 9.47 Å². The minimum Gasteiger partial charge on any atom is -0.454 e. The van der Waals surface area contributed by atoms with Crippen molar-refractivity contribution in [3.63, 3.8) is 0 Å². The first-order valence-electron chi connectivity index (χ1n) is 10.3. The third kappa shape index (κ3) is 5.10. The molecule has 1 aliphatic heterocycles. The zero-order valence-corrected chi connectivity index (χ0v) is 17.7. The summed E-state index contributed by atoms with van der Waals surface area (Å²) in [5, 5.41) is 4.34. The third-order valence-corrected chi connectivity index (χ3v) is 5.97. The Bertz CT molecular complexity index is 868. The summed E-state index contributed by atoms with van der Waals surface area (Å²) >= 11 is 5.86. The van der Waals surface area contributed by atoms with Gasteiger partial charge in [-0.1, -0.05) is 48.6 Å². The predicted octanol–water partition coefficient (Wildman–Crippen LogP) is 5.21. The number of allylic oxidation sites excluding steroid dienone is 2. The summed E-state index contributed by atoms with van der Waals surface area (Å²) in [5.41, 5.74) is 2.41. The lowest BCUT2D eigenvalue weighted by Crippen LogP contribution is -2.43. The number of benzene rings is 2. The van der Waals surface area contributed by atoms with Gasteiger partial charge in [0.1, 0.15) is 0 Å². The van der Waals surface area contributed by atoms with E-state index in [1.54, 1.807) is 0 Å². The molecule has 29 heavy (non-hydrogen) atoms. The maximum absolute atomic E-state index is 5.86. The van der Waals surface area contributed by atoms with Crippen molar-refractivity contribution in [2.75, 3.05) is 13.3 Å². The highest BCUT2D eigenvalue weighted by atomic mass is 32.1. The van der Waals surface area contributed by atoms with E-state index >= 15 is 0 Å². The van der Waals surface area contributed by atoms with Gasteiger partial charge in [0, 0.05) is 13.1 Å². The Labute approximate surface area is 178 Å². The van der Waals surface area contributed by atoms with E-state index in [0.717, 1.165) is 42.5 Å². The standard InChI is InChI=1S/C24H28N2O2S/c1-18(21-10-6-3-7-11-21)25-24(29)26(15-19-8-4-2-5-9-19)16-20-12-13-22-23(14-20)28-17-27-22/h2-4,6-7,10-14,18-19H,5,8-9,15-17H2,1H3,(H,25,29). The number of ether oxygens (including phenoxy) is 2. The molecule has 1 N–H and O–H groups in total. The first-order chi connectivity index (χ1) is 14.2. The first kappa shape index (κ1) is 19.8. The van der Waals surface area contributed by atoms with Gasteiger partial charge in [-0.05, 0) is 67.6 Å². The van der Waals surface area contributed by atoms with Gasteiger partial charge in [-0.15, -0.1) is 0 Å². The molecule has 0 fully saturated rings. The van der Waals surface area contributed by atoms with Gasteiger partial charge in [0.05, 0.1) is 6.04 Å². The Morgan fingerprint density at radius 1 is 1.14 bits per heavy atom. The van der Waals surface area contributed by atoms with Crippen LogP contribution in [0.4, 0.5) is 0 Å². The lowest BCUT2D eigenvalue weighted by Gasteiger charge is -2.32. The van der Waals surface area contributed by atoms with E-state index in [1.165, 1.54) is 17.5 Å². The minimum absolute atomic E-state index is 0.161. The Morgan fingerprint density at radius 2 is 1.97 bits per heavy atom. The fourth-order valence-corrected chi connectivity index (χ4v) is 4.23. The van der Waals surface area contributed by atoms with Crippen LogP contribution < -0.4 is 14.8 Å². The van der Waals surface area contributed by atoms with Crippen LogP contribution >= 0.6 is 12.2 Å². The molecule has 0 bridgehead atoms. The second kappa shape index (κ2) is 9.31. The molecule has 4 rings (SSSR count). The molecule has 0 aromatic heterocycles. The Hall–Kier alpha value is -2.53. The molecule has 5 heteroatoms. The molecule has 0 saturated heterocycles. The van der Waals surface area contributed by atoms with Crippen LogP contribution in [-0.4, -0.2) is 23.4 Å². The monoisotopic (exact) mass is 408 g/mol. The molecule has 1 heterocycles. The van der Waals surface area contributed by atoms with Crippen molar-refractivity contribution in [1.82, 2.24) is 10.2 Å². The number of rotatable bonds is 6. The van der Waals surface area contributed by atoms with Crippen LogP contribution in [0.3, 0.4) is 0 Å². The topological polar surface area (TPSA) is 33.7 Å². The van der Waals surface area contributed by atoms with Gasteiger partial charge in [-0.3, -0.25) is 0 Å². The number of nitrogens with zero attached hydrogens (tertiary/aromatic N) is 1. The summed E-state index contributed by atoms with van der Waals surface area (Å²) in [4.78, 5) is 2.30. The van der Waals surface area contributed by atoms with Gasteiger partial charge in [-0.2, -0.15) is 0 Å². The lowest BCUT2D eigenvalue weighted by atomic mass is 9.94. The summed E-state index contributed by atoms with van der Waals surface area (Å²) in [6.07, 6.45) is 8.07. The number of thiocarbonyl (C=S) groups is 1. The predicted molar refractivity (Wildman–Crippen MR) is 120 cm³/mol. The van der Waals surface area contributed by atoms with Crippen LogP contribution in [0.15, 0.2) is 60.7 Å². The molecule has 2 unspecified atom stereocenters. The van der Waals surface area contributed by atoms with Crippen LogP contribution in [0.1, 0.15) is 43.4 Å². The van der Waals surface area contributed by atoms with E-state index in [9.17, 15) is 0 Å². The minimum atomic E-state index is 0.161. The van der Waals surface area contributed by atoms with E-state index in [1.807, 2.05) is 12.1 Å². The number of hydrogen-bond donors (Lipinski definition) is 1. The molecule has 4 nitrogen and oxygen atoms in total. The summed E-state index contributed by atoms with van der Waals surface area (Å²) in [6.45, 7) is 4.16. The molecule has 2 aromatic rings. The van der Waals surface area contributed by atoms with Gasteiger partial charge in [-0.25, -0.2) is 0 Å². The first-order valence-corrected chi connectivity index (χ1v) is 10.7. The number of fused-ring (bicyclic) bond motifs is 1. The fourth-order valence-electron chi connectivity index (χ4n) is 3.91. The number of hydrogen-bond acceptors (Lipinski definition) is 3. The van der Waals surface area contributed by atoms with Crippen molar-refractivity contribution in [2.24, 2.45) is 5.92 Å². The molecule has 0 radical (unpaired) electrons. The van der Waals surface area contributed by atoms with Crippen LogP contribution in [0, 0.1) is 5.92 Å². The largest absolute Gasteiger partial charge is 0.454 e. The smallest absolute Gasteiger partial charge is 0.231 e. The summed E-state index contributed by atoms with van der Waals surface area (Å²) in [6, 6.07) is 16.8. The maximum atomic E-state index is 5.86. The Balaban J connectivity index is 1.47. The van der Waals surface area contributed by atoms with Crippen LogP contribution in [0.25, 0.3) is 0 Å². The van der Waals surface area contributed by atoms with Crippen LogP contribution in [0.2, 0.25) is 0 Å². The van der Waals surface area contributed by atoms with Gasteiger partial charge >= 0.3 is 0 Å². The van der Waals surface area contributed by atoms with Crippen LogP contribution in [-0.2, 0) is 6.54 Å². The molecule has 2 aromatic carbocycles. The maximum Gasteiger partial charge on any atom is 0.231 e. The molecular weight excluding hydrogens is 380 g/mol. The highest BCUT2D eigenvalue weighted by Crippen LogP contribution is 2.33. The Morgan fingerprint density at radius 3 is 2.76 bits per heavy atom. The Kier molecular flexibility index (Phi) is 6.35. The van der Waals surface area contributed by atoms with Gasteiger partial charge in [0.25, 0.3) is 0 Å². The second-order valence-corrected chi connectivity index (χ2v) is 8.19.